The number of hydrogen-bond donors (Lipinski definition) is 3. The molecule has 10 heteroatoms. The molecule has 38 heavy (non-hydrogen) atoms. The number of allylic oxidation sites excluding steroid dienone is 1. The standard InChI is InChI=1S/C28H26F3N5OS/c1-17-4-3-5-18(2)26(17)35-27(38)36-33-16-19-6-12-23-20(14-19)7-13-25(24(23)15-32)34-21-8-10-22(11-9-21)37-28(29,30)31/h3-6,8-12,14-16H,7,13,32H2,1-2H3,(H2,35,36,38)/b24-15?,33-16+,34-25?. The summed E-state index contributed by atoms with van der Waals surface area (Å²) in [6, 6.07) is 17.3. The molecule has 0 aliphatic heterocycles. The van der Waals surface area contributed by atoms with Gasteiger partial charge in [-0.3, -0.25) is 10.4 Å². The lowest BCUT2D eigenvalue weighted by atomic mass is 9.85. The van der Waals surface area contributed by atoms with Gasteiger partial charge in [-0.2, -0.15) is 5.10 Å². The van der Waals surface area contributed by atoms with Crippen molar-refractivity contribution in [1.29, 1.82) is 0 Å². The zero-order chi connectivity index (χ0) is 27.3. The van der Waals surface area contributed by atoms with Crippen molar-refractivity contribution < 1.29 is 17.9 Å². The van der Waals surface area contributed by atoms with E-state index in [1.54, 1.807) is 6.21 Å². The molecule has 0 saturated heterocycles. The van der Waals surface area contributed by atoms with Crippen LogP contribution in [0.2, 0.25) is 0 Å². The number of nitrogens with two attached hydrogens (primary N) is 1. The van der Waals surface area contributed by atoms with Crippen molar-refractivity contribution >= 4 is 46.2 Å². The number of benzene rings is 3. The Bertz CT molecular complexity index is 1410. The molecular weight excluding hydrogens is 511 g/mol. The molecule has 0 saturated carbocycles. The number of para-hydroxylation sites is 1. The van der Waals surface area contributed by atoms with E-state index < -0.39 is 6.36 Å². The maximum Gasteiger partial charge on any atom is 0.573 e. The van der Waals surface area contributed by atoms with Gasteiger partial charge in [-0.15, -0.1) is 13.2 Å². The van der Waals surface area contributed by atoms with Gasteiger partial charge in [-0.1, -0.05) is 30.3 Å². The number of halogens is 3. The Morgan fingerprint density at radius 2 is 1.74 bits per heavy atom. The smallest absolute Gasteiger partial charge is 0.406 e. The summed E-state index contributed by atoms with van der Waals surface area (Å²) in [5.41, 5.74) is 16.9. The molecule has 4 N–H and O–H groups in total. The summed E-state index contributed by atoms with van der Waals surface area (Å²) < 4.78 is 41.1. The molecule has 0 atom stereocenters. The fourth-order valence-corrected chi connectivity index (χ4v) is 4.36. The topological polar surface area (TPSA) is 84.0 Å². The van der Waals surface area contributed by atoms with Gasteiger partial charge >= 0.3 is 6.36 Å². The van der Waals surface area contributed by atoms with Crippen LogP contribution in [0.15, 0.2) is 77.0 Å². The normalized spacial score (nSPS) is 15.5. The molecular formula is C28H26F3N5OS. The number of aryl methyl sites for hydroxylation is 3. The van der Waals surface area contributed by atoms with E-state index in [0.717, 1.165) is 51.2 Å². The summed E-state index contributed by atoms with van der Waals surface area (Å²) in [5.74, 6) is -0.296. The van der Waals surface area contributed by atoms with Crippen LogP contribution < -0.4 is 21.2 Å². The minimum atomic E-state index is -4.74. The molecule has 0 aromatic heterocycles. The van der Waals surface area contributed by atoms with Gasteiger partial charge in [0.1, 0.15) is 5.75 Å². The molecule has 0 amide bonds. The minimum Gasteiger partial charge on any atom is -0.406 e. The van der Waals surface area contributed by atoms with Crippen LogP contribution in [0.5, 0.6) is 5.75 Å². The Balaban J connectivity index is 1.43. The summed E-state index contributed by atoms with van der Waals surface area (Å²) >= 11 is 5.37. The molecule has 6 nitrogen and oxygen atoms in total. The first-order valence-corrected chi connectivity index (χ1v) is 12.2. The van der Waals surface area contributed by atoms with Crippen LogP contribution in [0, 0.1) is 13.8 Å². The van der Waals surface area contributed by atoms with E-state index in [9.17, 15) is 13.2 Å². The molecule has 3 aromatic rings. The number of alkyl halides is 3. The van der Waals surface area contributed by atoms with Crippen LogP contribution in [0.25, 0.3) is 5.57 Å². The highest BCUT2D eigenvalue weighted by Gasteiger charge is 2.31. The van der Waals surface area contributed by atoms with Crippen LogP contribution in [-0.2, 0) is 6.42 Å². The highest BCUT2D eigenvalue weighted by Crippen LogP contribution is 2.32. The molecule has 4 rings (SSSR count). The number of nitrogens with zero attached hydrogens (tertiary/aromatic N) is 2. The highest BCUT2D eigenvalue weighted by atomic mass is 32.1. The number of fused-ring (bicyclic) bond motifs is 1. The third-order valence-corrected chi connectivity index (χ3v) is 6.16. The number of thiocarbonyl (C=S) groups is 1. The third kappa shape index (κ3) is 6.77. The quantitative estimate of drug-likeness (QED) is 0.196. The predicted octanol–water partition coefficient (Wildman–Crippen LogP) is 6.54. The van der Waals surface area contributed by atoms with Gasteiger partial charge in [-0.25, -0.2) is 0 Å². The maximum atomic E-state index is 12.4. The molecule has 3 aromatic carbocycles. The average molecular weight is 538 g/mol. The van der Waals surface area contributed by atoms with E-state index in [1.807, 2.05) is 50.2 Å². The number of aliphatic imine (C=N–C) groups is 1. The van der Waals surface area contributed by atoms with Gasteiger partial charge in [0.2, 0.25) is 0 Å². The Labute approximate surface area is 224 Å². The fourth-order valence-electron chi connectivity index (χ4n) is 4.21. The second-order valence-corrected chi connectivity index (χ2v) is 9.10. The summed E-state index contributed by atoms with van der Waals surface area (Å²) in [7, 11) is 0. The molecule has 0 bridgehead atoms. The van der Waals surface area contributed by atoms with E-state index in [0.29, 0.717) is 17.2 Å². The molecule has 1 aliphatic carbocycles. The van der Waals surface area contributed by atoms with Gasteiger partial charge in [0.05, 0.1) is 17.6 Å². The van der Waals surface area contributed by atoms with Crippen LogP contribution in [0.4, 0.5) is 24.5 Å². The van der Waals surface area contributed by atoms with E-state index in [4.69, 9.17) is 18.0 Å². The molecule has 0 unspecified atom stereocenters. The maximum absolute atomic E-state index is 12.4. The van der Waals surface area contributed by atoms with Gasteiger partial charge in [-0.05, 0) is 97.1 Å². The summed E-state index contributed by atoms with van der Waals surface area (Å²) in [6.45, 7) is 4.02. The molecule has 196 valence electrons. The van der Waals surface area contributed by atoms with Crippen LogP contribution in [-0.4, -0.2) is 23.4 Å². The Morgan fingerprint density at radius 1 is 1.03 bits per heavy atom. The third-order valence-electron chi connectivity index (χ3n) is 5.96. The molecule has 0 radical (unpaired) electrons. The van der Waals surface area contributed by atoms with Gasteiger partial charge in [0, 0.05) is 17.5 Å². The number of rotatable bonds is 5. The zero-order valence-corrected chi connectivity index (χ0v) is 21.6. The summed E-state index contributed by atoms with van der Waals surface area (Å²) in [5, 5.41) is 7.84. The molecule has 0 heterocycles. The minimum absolute atomic E-state index is 0.296. The Morgan fingerprint density at radius 3 is 2.39 bits per heavy atom. The lowest BCUT2D eigenvalue weighted by molar-refractivity contribution is -0.274. The average Bonchev–Trinajstić information content (AvgIpc) is 2.86. The van der Waals surface area contributed by atoms with Gasteiger partial charge in [0.15, 0.2) is 5.11 Å². The van der Waals surface area contributed by atoms with Crippen molar-refractivity contribution in [3.05, 3.63) is 94.7 Å². The van der Waals surface area contributed by atoms with Crippen LogP contribution >= 0.6 is 12.2 Å². The van der Waals surface area contributed by atoms with Gasteiger partial charge < -0.3 is 15.8 Å². The molecule has 0 fully saturated rings. The largest absolute Gasteiger partial charge is 0.573 e. The molecule has 1 aliphatic rings. The monoisotopic (exact) mass is 537 g/mol. The van der Waals surface area contributed by atoms with Crippen molar-refractivity contribution in [3.63, 3.8) is 0 Å². The lowest BCUT2D eigenvalue weighted by Crippen LogP contribution is -2.24. The van der Waals surface area contributed by atoms with Crippen molar-refractivity contribution in [2.45, 2.75) is 33.1 Å². The fraction of sp³-hybridized carbons (Fsp3) is 0.179. The van der Waals surface area contributed by atoms with E-state index >= 15 is 0 Å². The summed E-state index contributed by atoms with van der Waals surface area (Å²) in [6.07, 6.45) is -0.190. The second-order valence-electron chi connectivity index (χ2n) is 8.69. The van der Waals surface area contributed by atoms with Crippen molar-refractivity contribution in [1.82, 2.24) is 5.43 Å². The van der Waals surface area contributed by atoms with Crippen molar-refractivity contribution in [2.24, 2.45) is 15.8 Å². The zero-order valence-electron chi connectivity index (χ0n) is 20.8. The SMILES string of the molecule is Cc1cccc(C)c1NC(=S)N/N=C/c1ccc2c(c1)CCC(=Nc1ccc(OC(F)(F)F)cc1)C2=CN. The predicted molar refractivity (Wildman–Crippen MR) is 150 cm³/mol. The Kier molecular flexibility index (Phi) is 8.11. The second kappa shape index (κ2) is 11.5. The number of hydrazone groups is 1. The van der Waals surface area contributed by atoms with E-state index in [2.05, 4.69) is 25.6 Å². The first kappa shape index (κ1) is 26.9. The number of hydrogen-bond acceptors (Lipinski definition) is 5. The van der Waals surface area contributed by atoms with E-state index in [-0.39, 0.29) is 5.75 Å². The number of nitrogens with one attached hydrogen (secondary N) is 2. The van der Waals surface area contributed by atoms with Gasteiger partial charge in [0.25, 0.3) is 0 Å². The van der Waals surface area contributed by atoms with Crippen LogP contribution in [0.1, 0.15) is 34.2 Å². The summed E-state index contributed by atoms with van der Waals surface area (Å²) in [4.78, 5) is 4.62. The Hall–Kier alpha value is -4.18. The van der Waals surface area contributed by atoms with E-state index in [1.165, 1.54) is 30.5 Å². The van der Waals surface area contributed by atoms with Crippen molar-refractivity contribution in [3.8, 4) is 5.75 Å². The first-order valence-electron chi connectivity index (χ1n) is 11.8. The number of anilines is 1. The highest BCUT2D eigenvalue weighted by molar-refractivity contribution is 7.80. The number of ether oxygens (including phenoxy) is 1. The lowest BCUT2D eigenvalue weighted by Gasteiger charge is -2.21. The van der Waals surface area contributed by atoms with Crippen LogP contribution in [0.3, 0.4) is 0 Å². The van der Waals surface area contributed by atoms with Crippen molar-refractivity contribution in [2.75, 3.05) is 5.32 Å². The first-order chi connectivity index (χ1) is 18.1. The molecule has 0 spiro atoms.